The third-order valence-corrected chi connectivity index (χ3v) is 4.48. The molecule has 0 saturated carbocycles. The minimum Gasteiger partial charge on any atom is -0.463 e. The average Bonchev–Trinajstić information content (AvgIpc) is 2.65. The van der Waals surface area contributed by atoms with Crippen LogP contribution in [0.5, 0.6) is 0 Å². The Morgan fingerprint density at radius 3 is 2.55 bits per heavy atom. The number of nitro groups is 1. The fourth-order valence-electron chi connectivity index (χ4n) is 3.37. The Balaban J connectivity index is 2.77. The topological polar surface area (TPSA) is 103 Å². The quantitative estimate of drug-likeness (QED) is 0.417. The van der Waals surface area contributed by atoms with Crippen molar-refractivity contribution in [2.24, 2.45) is 4.99 Å². The number of rotatable bonds is 7. The molecule has 0 fully saturated rings. The second-order valence-electron chi connectivity index (χ2n) is 6.97. The molecule has 0 aliphatic carbocycles. The van der Waals surface area contributed by atoms with Crippen molar-refractivity contribution in [2.75, 3.05) is 6.61 Å². The lowest BCUT2D eigenvalue weighted by molar-refractivity contribution is -0.385. The van der Waals surface area contributed by atoms with Gasteiger partial charge in [-0.05, 0) is 41.5 Å². The Morgan fingerprint density at radius 1 is 1.31 bits per heavy atom. The van der Waals surface area contributed by atoms with Gasteiger partial charge in [0.05, 0.1) is 29.1 Å². The van der Waals surface area contributed by atoms with Crippen molar-refractivity contribution < 1.29 is 19.3 Å². The van der Waals surface area contributed by atoms with Crippen LogP contribution in [0.1, 0.15) is 53.0 Å². The molecule has 156 valence electrons. The summed E-state index contributed by atoms with van der Waals surface area (Å²) in [7, 11) is 0. The number of para-hydroxylation sites is 1. The van der Waals surface area contributed by atoms with Gasteiger partial charge in [0.1, 0.15) is 0 Å². The van der Waals surface area contributed by atoms with Gasteiger partial charge in [-0.25, -0.2) is 4.79 Å². The smallest absolute Gasteiger partial charge is 0.336 e. The number of aliphatic imine (C=N–C) groups is 1. The van der Waals surface area contributed by atoms with Crippen LogP contribution in [0, 0.1) is 10.1 Å². The van der Waals surface area contributed by atoms with E-state index in [1.54, 1.807) is 39.0 Å². The van der Waals surface area contributed by atoms with E-state index in [0.717, 1.165) is 0 Å². The van der Waals surface area contributed by atoms with E-state index in [1.807, 2.05) is 20.8 Å². The highest BCUT2D eigenvalue weighted by Crippen LogP contribution is 2.43. The molecule has 1 atom stereocenters. The predicted octanol–water partition coefficient (Wildman–Crippen LogP) is 4.19. The van der Waals surface area contributed by atoms with Crippen LogP contribution in [0.2, 0.25) is 0 Å². The summed E-state index contributed by atoms with van der Waals surface area (Å²) in [6.07, 6.45) is -0.0855. The highest BCUT2D eigenvalue weighted by atomic mass is 16.7. The van der Waals surface area contributed by atoms with Crippen molar-refractivity contribution in [2.45, 2.75) is 53.6 Å². The van der Waals surface area contributed by atoms with Crippen LogP contribution in [0.25, 0.3) is 0 Å². The number of allylic oxidation sites excluding steroid dienone is 3. The maximum absolute atomic E-state index is 12.8. The van der Waals surface area contributed by atoms with Gasteiger partial charge in [0, 0.05) is 34.3 Å². The molecule has 29 heavy (non-hydrogen) atoms. The molecule has 0 radical (unpaired) electrons. The minimum atomic E-state index is -0.712. The molecule has 1 aliphatic heterocycles. The van der Waals surface area contributed by atoms with Crippen LogP contribution in [-0.4, -0.2) is 29.3 Å². The molecule has 0 amide bonds. The molecular formula is C21H27N3O5. The van der Waals surface area contributed by atoms with Crippen molar-refractivity contribution in [3.05, 3.63) is 62.5 Å². The van der Waals surface area contributed by atoms with E-state index in [1.165, 1.54) is 6.07 Å². The fourth-order valence-corrected chi connectivity index (χ4v) is 3.37. The highest BCUT2D eigenvalue weighted by molar-refractivity contribution is 6.07. The molecule has 2 rings (SSSR count). The van der Waals surface area contributed by atoms with Gasteiger partial charge in [-0.2, -0.15) is 0 Å². The number of ether oxygens (including phenoxy) is 1. The number of carbonyl (C=O) groups is 1. The molecule has 1 unspecified atom stereocenters. The third kappa shape index (κ3) is 4.89. The maximum atomic E-state index is 12.8. The molecule has 1 heterocycles. The van der Waals surface area contributed by atoms with E-state index in [0.29, 0.717) is 28.2 Å². The number of hydrogen-bond acceptors (Lipinski definition) is 7. The van der Waals surface area contributed by atoms with Gasteiger partial charge in [-0.3, -0.25) is 25.4 Å². The first-order chi connectivity index (χ1) is 13.7. The summed E-state index contributed by atoms with van der Waals surface area (Å²) >= 11 is 0. The number of nitro benzene ring substituents is 1. The van der Waals surface area contributed by atoms with E-state index in [2.05, 4.69) is 10.5 Å². The Labute approximate surface area is 170 Å². The first-order valence-corrected chi connectivity index (χ1v) is 9.48. The summed E-state index contributed by atoms with van der Waals surface area (Å²) in [5.41, 5.74) is 5.90. The molecule has 0 bridgehead atoms. The van der Waals surface area contributed by atoms with E-state index in [9.17, 15) is 14.9 Å². The normalized spacial score (nSPS) is 18.4. The number of hydrogen-bond donors (Lipinski definition) is 1. The number of esters is 1. The molecule has 8 nitrogen and oxygen atoms in total. The number of nitrogens with zero attached hydrogens (tertiary/aromatic N) is 2. The molecule has 1 aromatic rings. The second-order valence-corrected chi connectivity index (χ2v) is 6.97. The van der Waals surface area contributed by atoms with E-state index in [4.69, 9.17) is 9.57 Å². The summed E-state index contributed by atoms with van der Waals surface area (Å²) in [5.74, 6) is -1.25. The van der Waals surface area contributed by atoms with Gasteiger partial charge >= 0.3 is 5.97 Å². The molecule has 0 aromatic heterocycles. The van der Waals surface area contributed by atoms with Crippen molar-refractivity contribution >= 4 is 17.4 Å². The molecular weight excluding hydrogens is 374 g/mol. The van der Waals surface area contributed by atoms with Crippen LogP contribution >= 0.6 is 0 Å². The lowest BCUT2D eigenvalue weighted by Crippen LogP contribution is -2.29. The van der Waals surface area contributed by atoms with Crippen molar-refractivity contribution in [1.29, 1.82) is 0 Å². The van der Waals surface area contributed by atoms with Crippen molar-refractivity contribution in [1.82, 2.24) is 5.48 Å². The van der Waals surface area contributed by atoms with Crippen molar-refractivity contribution in [3.8, 4) is 0 Å². The number of nitrogens with one attached hydrogen (secondary N) is 1. The van der Waals surface area contributed by atoms with Crippen LogP contribution in [0.15, 0.2) is 51.8 Å². The van der Waals surface area contributed by atoms with Crippen molar-refractivity contribution in [3.63, 3.8) is 0 Å². The molecule has 0 spiro atoms. The van der Waals surface area contributed by atoms with Gasteiger partial charge in [0.15, 0.2) is 0 Å². The average molecular weight is 401 g/mol. The van der Waals surface area contributed by atoms with E-state index >= 15 is 0 Å². The fraction of sp³-hybridized carbons (Fsp3) is 0.429. The maximum Gasteiger partial charge on any atom is 0.336 e. The largest absolute Gasteiger partial charge is 0.463 e. The Bertz CT molecular complexity index is 899. The molecule has 1 N–H and O–H groups in total. The summed E-state index contributed by atoms with van der Waals surface area (Å²) < 4.78 is 5.26. The van der Waals surface area contributed by atoms with Crippen LogP contribution < -0.4 is 5.48 Å². The summed E-state index contributed by atoms with van der Waals surface area (Å²) in [5, 5.41) is 11.7. The Hall–Kier alpha value is -3.00. The lowest BCUT2D eigenvalue weighted by Gasteiger charge is -2.29. The highest BCUT2D eigenvalue weighted by Gasteiger charge is 2.38. The van der Waals surface area contributed by atoms with Gasteiger partial charge in [0.2, 0.25) is 0 Å². The van der Waals surface area contributed by atoms with Gasteiger partial charge < -0.3 is 4.74 Å². The number of hydroxylamine groups is 1. The molecule has 8 heteroatoms. The third-order valence-electron chi connectivity index (χ3n) is 4.48. The molecule has 1 aliphatic rings. The predicted molar refractivity (Wildman–Crippen MR) is 110 cm³/mol. The van der Waals surface area contributed by atoms with Gasteiger partial charge in [-0.15, -0.1) is 0 Å². The van der Waals surface area contributed by atoms with Gasteiger partial charge in [0.25, 0.3) is 5.69 Å². The summed E-state index contributed by atoms with van der Waals surface area (Å²) in [4.78, 5) is 34.1. The van der Waals surface area contributed by atoms with Gasteiger partial charge in [-0.1, -0.05) is 18.2 Å². The summed E-state index contributed by atoms with van der Waals surface area (Å²) in [6.45, 7) is 11.0. The zero-order chi connectivity index (χ0) is 21.7. The van der Waals surface area contributed by atoms with Crippen LogP contribution in [0.3, 0.4) is 0 Å². The monoisotopic (exact) mass is 401 g/mol. The van der Waals surface area contributed by atoms with Crippen LogP contribution in [-0.2, 0) is 14.4 Å². The second kappa shape index (κ2) is 9.47. The lowest BCUT2D eigenvalue weighted by atomic mass is 9.78. The number of carbonyl (C=O) groups excluding carboxylic acids is 1. The first-order valence-electron chi connectivity index (χ1n) is 9.48. The SMILES string of the molecule is CCOC(=O)C1=C(C)N=C(C)C(=C(C)NOC(C)C)C1c1ccccc1[N+](=O)[O-]. The standard InChI is InChI=1S/C21H27N3O5/c1-7-28-21(25)19-14(5)22-13(4)18(15(6)23-29-12(2)3)20(19)16-10-8-9-11-17(16)24(26)27/h8-12,20,23H,7H2,1-6H3. The van der Waals surface area contributed by atoms with E-state index in [-0.39, 0.29) is 24.0 Å². The number of benzene rings is 1. The zero-order valence-corrected chi connectivity index (χ0v) is 17.6. The zero-order valence-electron chi connectivity index (χ0n) is 17.6. The summed E-state index contributed by atoms with van der Waals surface area (Å²) in [6, 6.07) is 6.40. The van der Waals surface area contributed by atoms with E-state index < -0.39 is 16.8 Å². The first kappa shape index (κ1) is 22.3. The van der Waals surface area contributed by atoms with Crippen LogP contribution in [0.4, 0.5) is 5.69 Å². The Morgan fingerprint density at radius 2 is 1.97 bits per heavy atom. The minimum absolute atomic E-state index is 0.0723. The molecule has 0 saturated heterocycles. The molecule has 1 aromatic carbocycles. The Kier molecular flexibility index (Phi) is 7.28.